The van der Waals surface area contributed by atoms with E-state index in [1.807, 2.05) is 18.2 Å². The van der Waals surface area contributed by atoms with E-state index in [0.29, 0.717) is 13.1 Å². The third-order valence-electron chi connectivity index (χ3n) is 4.44. The van der Waals surface area contributed by atoms with Crippen LogP contribution in [0, 0.1) is 0 Å². The van der Waals surface area contributed by atoms with Crippen molar-refractivity contribution in [3.8, 4) is 0 Å². The Balaban J connectivity index is 1.56. The maximum atomic E-state index is 12.4. The zero-order valence-corrected chi connectivity index (χ0v) is 15.9. The summed E-state index contributed by atoms with van der Waals surface area (Å²) in [6.45, 7) is 2.76. The maximum absolute atomic E-state index is 12.4. The Morgan fingerprint density at radius 3 is 2.37 bits per heavy atom. The lowest BCUT2D eigenvalue weighted by Gasteiger charge is -2.34. The number of nitrogens with zero attached hydrogens (tertiary/aromatic N) is 3. The van der Waals surface area contributed by atoms with Crippen LogP contribution in [0.5, 0.6) is 0 Å². The van der Waals surface area contributed by atoms with Gasteiger partial charge in [-0.2, -0.15) is 0 Å². The first kappa shape index (κ1) is 19.1. The molecule has 142 valence electrons. The highest BCUT2D eigenvalue weighted by Crippen LogP contribution is 2.14. The first-order chi connectivity index (χ1) is 13.0. The summed E-state index contributed by atoms with van der Waals surface area (Å²) in [7, 11) is -2.08. The molecule has 1 aliphatic heterocycles. The number of sulfonamides is 1. The van der Waals surface area contributed by atoms with E-state index in [-0.39, 0.29) is 10.8 Å². The first-order valence-corrected chi connectivity index (χ1v) is 10.1. The van der Waals surface area contributed by atoms with Crippen LogP contribution in [-0.2, 0) is 14.8 Å². The molecule has 0 aliphatic carbocycles. The Bertz CT molecular complexity index is 904. The number of anilines is 1. The van der Waals surface area contributed by atoms with Gasteiger partial charge in [0, 0.05) is 38.5 Å². The summed E-state index contributed by atoms with van der Waals surface area (Å²) >= 11 is 0. The third kappa shape index (κ3) is 4.72. The van der Waals surface area contributed by atoms with E-state index in [4.69, 9.17) is 0 Å². The number of benzene rings is 1. The maximum Gasteiger partial charge on any atom is 0.246 e. The summed E-state index contributed by atoms with van der Waals surface area (Å²) in [6, 6.07) is 12.2. The number of amides is 1. The van der Waals surface area contributed by atoms with E-state index in [2.05, 4.69) is 14.6 Å². The number of carbonyl (C=O) groups is 1. The highest BCUT2D eigenvalue weighted by molar-refractivity contribution is 7.89. The Hall–Kier alpha value is -2.71. The molecule has 1 saturated heterocycles. The van der Waals surface area contributed by atoms with Gasteiger partial charge < -0.3 is 9.80 Å². The van der Waals surface area contributed by atoms with Gasteiger partial charge in [0.25, 0.3) is 0 Å². The van der Waals surface area contributed by atoms with E-state index in [0.717, 1.165) is 24.5 Å². The van der Waals surface area contributed by atoms with Gasteiger partial charge in [-0.05, 0) is 43.0 Å². The van der Waals surface area contributed by atoms with Gasteiger partial charge in [-0.25, -0.2) is 18.1 Å². The zero-order valence-electron chi connectivity index (χ0n) is 15.1. The van der Waals surface area contributed by atoms with Gasteiger partial charge in [-0.15, -0.1) is 0 Å². The Labute approximate surface area is 159 Å². The molecule has 7 nitrogen and oxygen atoms in total. The van der Waals surface area contributed by atoms with Crippen LogP contribution in [0.4, 0.5) is 5.82 Å². The molecule has 1 fully saturated rings. The molecule has 3 rings (SSSR count). The molecule has 1 N–H and O–H groups in total. The van der Waals surface area contributed by atoms with Crippen molar-refractivity contribution in [2.75, 3.05) is 38.1 Å². The second-order valence-electron chi connectivity index (χ2n) is 6.11. The highest BCUT2D eigenvalue weighted by Gasteiger charge is 2.20. The second kappa shape index (κ2) is 8.32. The van der Waals surface area contributed by atoms with Gasteiger partial charge in [0.15, 0.2) is 0 Å². The molecule has 0 saturated carbocycles. The van der Waals surface area contributed by atoms with Crippen LogP contribution >= 0.6 is 0 Å². The Morgan fingerprint density at radius 1 is 1.07 bits per heavy atom. The van der Waals surface area contributed by atoms with Crippen molar-refractivity contribution in [1.29, 1.82) is 0 Å². The summed E-state index contributed by atoms with van der Waals surface area (Å²) in [6.07, 6.45) is 4.99. The minimum absolute atomic E-state index is 0.0532. The lowest BCUT2D eigenvalue weighted by atomic mass is 10.2. The van der Waals surface area contributed by atoms with Crippen molar-refractivity contribution in [1.82, 2.24) is 14.6 Å². The lowest BCUT2D eigenvalue weighted by molar-refractivity contribution is -0.126. The standard InChI is InChI=1S/C19H22N4O3S/c1-20-27(25,26)17-8-5-16(6-9-17)7-10-19(24)23-14-12-22(13-15-23)18-4-2-3-11-21-18/h2-11,20H,12-15H2,1H3/b10-7+. The molecule has 0 atom stereocenters. The van der Waals surface area contributed by atoms with Crippen LogP contribution in [0.2, 0.25) is 0 Å². The molecular weight excluding hydrogens is 364 g/mol. The summed E-state index contributed by atoms with van der Waals surface area (Å²) in [5.74, 6) is 0.874. The number of nitrogens with one attached hydrogen (secondary N) is 1. The second-order valence-corrected chi connectivity index (χ2v) is 8.00. The quantitative estimate of drug-likeness (QED) is 0.785. The van der Waals surface area contributed by atoms with Crippen LogP contribution in [0.3, 0.4) is 0 Å². The van der Waals surface area contributed by atoms with Crippen LogP contribution in [-0.4, -0.2) is 57.4 Å². The Morgan fingerprint density at radius 2 is 1.78 bits per heavy atom. The molecule has 1 amide bonds. The van der Waals surface area contributed by atoms with Gasteiger partial charge in [-0.3, -0.25) is 4.79 Å². The number of carbonyl (C=O) groups excluding carboxylic acids is 1. The lowest BCUT2D eigenvalue weighted by Crippen LogP contribution is -2.48. The normalized spacial score (nSPS) is 15.3. The number of rotatable bonds is 5. The van der Waals surface area contributed by atoms with Crippen molar-refractivity contribution in [3.63, 3.8) is 0 Å². The van der Waals surface area contributed by atoms with Crippen molar-refractivity contribution < 1.29 is 13.2 Å². The van der Waals surface area contributed by atoms with Gasteiger partial charge in [0.2, 0.25) is 15.9 Å². The van der Waals surface area contributed by atoms with E-state index >= 15 is 0 Å². The predicted octanol–water partition coefficient (Wildman–Crippen LogP) is 1.35. The summed E-state index contributed by atoms with van der Waals surface area (Å²) in [5, 5.41) is 0. The van der Waals surface area contributed by atoms with Gasteiger partial charge >= 0.3 is 0 Å². The molecule has 27 heavy (non-hydrogen) atoms. The fraction of sp³-hybridized carbons (Fsp3) is 0.263. The minimum atomic E-state index is -3.45. The molecule has 0 spiro atoms. The molecule has 2 heterocycles. The molecule has 0 unspecified atom stereocenters. The monoisotopic (exact) mass is 386 g/mol. The van der Waals surface area contributed by atoms with Gasteiger partial charge in [0.05, 0.1) is 4.90 Å². The highest BCUT2D eigenvalue weighted by atomic mass is 32.2. The van der Waals surface area contributed by atoms with Gasteiger partial charge in [0.1, 0.15) is 5.82 Å². The van der Waals surface area contributed by atoms with Crippen LogP contribution in [0.15, 0.2) is 59.6 Å². The SMILES string of the molecule is CNS(=O)(=O)c1ccc(/C=C/C(=O)N2CCN(c3ccccn3)CC2)cc1. The summed E-state index contributed by atoms with van der Waals surface area (Å²) in [4.78, 5) is 20.9. The molecule has 1 aliphatic rings. The average molecular weight is 386 g/mol. The Kier molecular flexibility index (Phi) is 5.88. The number of hydrogen-bond donors (Lipinski definition) is 1. The molecule has 1 aromatic carbocycles. The zero-order chi connectivity index (χ0) is 19.3. The molecular formula is C19H22N4O3S. The number of piperazine rings is 1. The topological polar surface area (TPSA) is 82.6 Å². The average Bonchev–Trinajstić information content (AvgIpc) is 2.73. The van der Waals surface area contributed by atoms with Crippen molar-refractivity contribution in [2.45, 2.75) is 4.90 Å². The first-order valence-electron chi connectivity index (χ1n) is 8.66. The number of pyridine rings is 1. The van der Waals surface area contributed by atoms with E-state index in [9.17, 15) is 13.2 Å². The molecule has 0 bridgehead atoms. The van der Waals surface area contributed by atoms with E-state index in [1.165, 1.54) is 25.3 Å². The number of aromatic nitrogens is 1. The van der Waals surface area contributed by atoms with Crippen molar-refractivity contribution >= 4 is 27.8 Å². The third-order valence-corrected chi connectivity index (χ3v) is 5.87. The van der Waals surface area contributed by atoms with E-state index < -0.39 is 10.0 Å². The fourth-order valence-corrected chi connectivity index (χ4v) is 3.58. The summed E-state index contributed by atoms with van der Waals surface area (Å²) in [5.41, 5.74) is 0.769. The molecule has 1 aromatic heterocycles. The molecule has 2 aromatic rings. The minimum Gasteiger partial charge on any atom is -0.353 e. The molecule has 0 radical (unpaired) electrons. The van der Waals surface area contributed by atoms with Crippen LogP contribution in [0.1, 0.15) is 5.56 Å². The smallest absolute Gasteiger partial charge is 0.246 e. The van der Waals surface area contributed by atoms with E-state index in [1.54, 1.807) is 29.3 Å². The number of hydrogen-bond acceptors (Lipinski definition) is 5. The van der Waals surface area contributed by atoms with Crippen LogP contribution < -0.4 is 9.62 Å². The van der Waals surface area contributed by atoms with Crippen molar-refractivity contribution in [2.24, 2.45) is 0 Å². The van der Waals surface area contributed by atoms with Crippen LogP contribution in [0.25, 0.3) is 6.08 Å². The molecule has 8 heteroatoms. The largest absolute Gasteiger partial charge is 0.353 e. The predicted molar refractivity (Wildman–Crippen MR) is 105 cm³/mol. The fourth-order valence-electron chi connectivity index (χ4n) is 2.85. The van der Waals surface area contributed by atoms with Gasteiger partial charge in [-0.1, -0.05) is 18.2 Å². The summed E-state index contributed by atoms with van der Waals surface area (Å²) < 4.78 is 25.7. The van der Waals surface area contributed by atoms with Crippen molar-refractivity contribution in [3.05, 3.63) is 60.3 Å².